The summed E-state index contributed by atoms with van der Waals surface area (Å²) in [5, 5.41) is 0. The smallest absolute Gasteiger partial charge is 0.308 e. The number of carbonyl (C=O) groups excluding carboxylic acids is 1. The third-order valence-corrected chi connectivity index (χ3v) is 2.44. The Morgan fingerprint density at radius 3 is 2.47 bits per heavy atom. The second kappa shape index (κ2) is 7.81. The number of methoxy groups -OCH3 is 1. The molecule has 0 fully saturated rings. The van der Waals surface area contributed by atoms with Crippen LogP contribution in [0, 0.1) is 0 Å². The minimum absolute atomic E-state index is 0. The molecule has 0 amide bonds. The molecule has 19 heavy (non-hydrogen) atoms. The van der Waals surface area contributed by atoms with E-state index in [1.807, 2.05) is 13.0 Å². The molecule has 0 aliphatic rings. The molecule has 0 bridgehead atoms. The van der Waals surface area contributed by atoms with Crippen molar-refractivity contribution in [3.63, 3.8) is 0 Å². The maximum atomic E-state index is 10.9. The summed E-state index contributed by atoms with van der Waals surface area (Å²) in [6, 6.07) is 5.16. The van der Waals surface area contributed by atoms with E-state index in [4.69, 9.17) is 15.2 Å². The molecule has 5 heteroatoms. The number of benzene rings is 1. The van der Waals surface area contributed by atoms with E-state index in [1.54, 1.807) is 12.1 Å². The van der Waals surface area contributed by atoms with Crippen LogP contribution < -0.4 is 15.2 Å². The topological polar surface area (TPSA) is 61.5 Å². The van der Waals surface area contributed by atoms with Gasteiger partial charge < -0.3 is 15.2 Å². The van der Waals surface area contributed by atoms with Gasteiger partial charge in [0.25, 0.3) is 0 Å². The summed E-state index contributed by atoms with van der Waals surface area (Å²) in [5.74, 6) is 0.517. The van der Waals surface area contributed by atoms with Gasteiger partial charge in [0, 0.05) is 13.0 Å². The average molecular weight is 286 g/mol. The Labute approximate surface area is 120 Å². The molecule has 0 aromatic heterocycles. The Hall–Kier alpha value is -1.52. The van der Waals surface area contributed by atoms with Gasteiger partial charge in [-0.1, -0.05) is 11.6 Å². The zero-order valence-corrected chi connectivity index (χ0v) is 12.3. The summed E-state index contributed by atoms with van der Waals surface area (Å²) in [6.45, 7) is 7.12. The summed E-state index contributed by atoms with van der Waals surface area (Å²) < 4.78 is 10.2. The molecular formula is C14H20ClNO3. The first-order valence-electron chi connectivity index (χ1n) is 5.70. The molecule has 0 unspecified atom stereocenters. The third-order valence-electron chi connectivity index (χ3n) is 2.44. The van der Waals surface area contributed by atoms with Gasteiger partial charge in [0.15, 0.2) is 11.5 Å². The first-order valence-corrected chi connectivity index (χ1v) is 5.70. The molecule has 0 aliphatic carbocycles. The summed E-state index contributed by atoms with van der Waals surface area (Å²) >= 11 is 0. The molecule has 1 rings (SSSR count). The third kappa shape index (κ3) is 5.32. The molecule has 1 aromatic rings. The molecular weight excluding hydrogens is 266 g/mol. The number of nitrogens with two attached hydrogens (primary N) is 1. The van der Waals surface area contributed by atoms with Crippen LogP contribution in [0.4, 0.5) is 0 Å². The van der Waals surface area contributed by atoms with Crippen molar-refractivity contribution in [1.29, 1.82) is 0 Å². The summed E-state index contributed by atoms with van der Waals surface area (Å²) in [7, 11) is 1.52. The van der Waals surface area contributed by atoms with Crippen molar-refractivity contribution < 1.29 is 14.3 Å². The highest BCUT2D eigenvalue weighted by atomic mass is 35.5. The number of halogens is 1. The van der Waals surface area contributed by atoms with Crippen LogP contribution in [0.5, 0.6) is 11.5 Å². The van der Waals surface area contributed by atoms with Crippen LogP contribution in [0.3, 0.4) is 0 Å². The molecule has 1 aromatic carbocycles. The van der Waals surface area contributed by atoms with E-state index in [2.05, 4.69) is 6.58 Å². The van der Waals surface area contributed by atoms with Gasteiger partial charge in [0.05, 0.1) is 7.11 Å². The predicted octanol–water partition coefficient (Wildman–Crippen LogP) is 3.01. The van der Waals surface area contributed by atoms with Crippen LogP contribution in [0.1, 0.15) is 31.9 Å². The quantitative estimate of drug-likeness (QED) is 0.513. The van der Waals surface area contributed by atoms with Crippen molar-refractivity contribution in [3.05, 3.63) is 35.9 Å². The second-order valence-corrected chi connectivity index (χ2v) is 4.27. The Kier molecular flexibility index (Phi) is 7.19. The normalized spacial score (nSPS) is 11.2. The van der Waals surface area contributed by atoms with E-state index in [9.17, 15) is 4.79 Å². The van der Waals surface area contributed by atoms with E-state index in [1.165, 1.54) is 14.0 Å². The molecule has 0 aliphatic heterocycles. The minimum atomic E-state index is -0.382. The van der Waals surface area contributed by atoms with Crippen molar-refractivity contribution in [2.45, 2.75) is 26.3 Å². The Morgan fingerprint density at radius 2 is 2.00 bits per heavy atom. The predicted molar refractivity (Wildman–Crippen MR) is 77.9 cm³/mol. The van der Waals surface area contributed by atoms with Gasteiger partial charge in [-0.2, -0.15) is 0 Å². The fourth-order valence-corrected chi connectivity index (χ4v) is 1.65. The highest BCUT2D eigenvalue weighted by molar-refractivity contribution is 5.85. The Morgan fingerprint density at radius 1 is 1.37 bits per heavy atom. The summed E-state index contributed by atoms with van der Waals surface area (Å²) in [5.41, 5.74) is 7.99. The first-order chi connectivity index (χ1) is 8.43. The maximum Gasteiger partial charge on any atom is 0.308 e. The molecule has 0 heterocycles. The van der Waals surface area contributed by atoms with Crippen molar-refractivity contribution in [1.82, 2.24) is 0 Å². The molecule has 0 radical (unpaired) electrons. The lowest BCUT2D eigenvalue weighted by Gasteiger charge is -2.15. The molecule has 4 nitrogen and oxygen atoms in total. The van der Waals surface area contributed by atoms with Crippen molar-refractivity contribution in [2.24, 2.45) is 5.73 Å². The molecule has 0 spiro atoms. The van der Waals surface area contributed by atoms with Gasteiger partial charge in [-0.25, -0.2) is 0 Å². The van der Waals surface area contributed by atoms with Crippen LogP contribution in [0.25, 0.3) is 0 Å². The number of rotatable bonds is 5. The van der Waals surface area contributed by atoms with E-state index in [0.717, 1.165) is 11.1 Å². The van der Waals surface area contributed by atoms with Gasteiger partial charge in [-0.3, -0.25) is 4.79 Å². The summed E-state index contributed by atoms with van der Waals surface area (Å²) in [4.78, 5) is 10.9. The highest BCUT2D eigenvalue weighted by Gasteiger charge is 2.12. The van der Waals surface area contributed by atoms with Crippen LogP contribution >= 0.6 is 12.4 Å². The minimum Gasteiger partial charge on any atom is -0.493 e. The van der Waals surface area contributed by atoms with Gasteiger partial charge in [-0.15, -0.1) is 19.0 Å². The zero-order valence-electron chi connectivity index (χ0n) is 11.4. The second-order valence-electron chi connectivity index (χ2n) is 4.27. The molecule has 106 valence electrons. The zero-order chi connectivity index (χ0) is 13.7. The molecule has 0 saturated heterocycles. The maximum absolute atomic E-state index is 10.9. The van der Waals surface area contributed by atoms with E-state index in [-0.39, 0.29) is 24.4 Å². The summed E-state index contributed by atoms with van der Waals surface area (Å²) in [6.07, 6.45) is 0.704. The van der Waals surface area contributed by atoms with E-state index in [0.29, 0.717) is 17.9 Å². The first kappa shape index (κ1) is 17.5. The van der Waals surface area contributed by atoms with E-state index >= 15 is 0 Å². The lowest BCUT2D eigenvalue weighted by atomic mass is 10.0. The number of hydrogen-bond acceptors (Lipinski definition) is 4. The lowest BCUT2D eigenvalue weighted by molar-refractivity contribution is -0.132. The Balaban J connectivity index is 0.00000324. The monoisotopic (exact) mass is 285 g/mol. The number of ether oxygens (including phenoxy) is 2. The van der Waals surface area contributed by atoms with Gasteiger partial charge in [0.2, 0.25) is 0 Å². The molecule has 1 atom stereocenters. The van der Waals surface area contributed by atoms with Crippen LogP contribution in [-0.2, 0) is 4.79 Å². The molecule has 2 N–H and O–H groups in total. The number of esters is 1. The fourth-order valence-electron chi connectivity index (χ4n) is 1.65. The fraction of sp³-hybridized carbons (Fsp3) is 0.357. The number of hydrogen-bond donors (Lipinski definition) is 1. The van der Waals surface area contributed by atoms with Gasteiger partial charge in [-0.05, 0) is 31.0 Å². The van der Waals surface area contributed by atoms with Crippen LogP contribution in [-0.4, -0.2) is 13.1 Å². The van der Waals surface area contributed by atoms with Crippen molar-refractivity contribution in [3.8, 4) is 11.5 Å². The SMILES string of the molecule is C=C(C)C[C@H](N)c1ccc(OC(C)=O)c(OC)c1.Cl. The van der Waals surface area contributed by atoms with Crippen molar-refractivity contribution >= 4 is 18.4 Å². The van der Waals surface area contributed by atoms with E-state index < -0.39 is 0 Å². The van der Waals surface area contributed by atoms with Crippen LogP contribution in [0.2, 0.25) is 0 Å². The van der Waals surface area contributed by atoms with Gasteiger partial charge >= 0.3 is 5.97 Å². The molecule has 0 saturated carbocycles. The Bertz CT molecular complexity index is 460. The van der Waals surface area contributed by atoms with Gasteiger partial charge in [0.1, 0.15) is 0 Å². The standard InChI is InChI=1S/C14H19NO3.ClH/c1-9(2)7-12(15)11-5-6-13(18-10(3)16)14(8-11)17-4;/h5-6,8,12H,1,7,15H2,2-4H3;1H/t12-;/m0./s1. The average Bonchev–Trinajstić information content (AvgIpc) is 2.27. The largest absolute Gasteiger partial charge is 0.493 e. The van der Waals surface area contributed by atoms with Crippen LogP contribution in [0.15, 0.2) is 30.4 Å². The highest BCUT2D eigenvalue weighted by Crippen LogP contribution is 2.31. The number of carbonyl (C=O) groups is 1. The lowest BCUT2D eigenvalue weighted by Crippen LogP contribution is -2.11. The van der Waals surface area contributed by atoms with Crippen molar-refractivity contribution in [2.75, 3.05) is 7.11 Å².